The van der Waals surface area contributed by atoms with E-state index in [9.17, 15) is 0 Å². The lowest BCUT2D eigenvalue weighted by Crippen LogP contribution is -2.06. The Morgan fingerprint density at radius 2 is 2.18 bits per heavy atom. The number of hydrogen-bond donors (Lipinski definition) is 2. The third-order valence-electron chi connectivity index (χ3n) is 2.70. The highest BCUT2D eigenvalue weighted by molar-refractivity contribution is 7.09. The van der Waals surface area contributed by atoms with Gasteiger partial charge in [0.15, 0.2) is 0 Å². The van der Waals surface area contributed by atoms with Crippen molar-refractivity contribution in [2.45, 2.75) is 20.3 Å². The summed E-state index contributed by atoms with van der Waals surface area (Å²) >= 11 is 1.72. The molecule has 0 unspecified atom stereocenters. The predicted octanol–water partition coefficient (Wildman–Crippen LogP) is 3.00. The molecular weight excluding hydrogens is 230 g/mol. The fourth-order valence-corrected chi connectivity index (χ4v) is 2.44. The number of nitrogen functional groups attached to an aromatic ring is 1. The van der Waals surface area contributed by atoms with Gasteiger partial charge in [0.05, 0.1) is 5.01 Å². The second kappa shape index (κ2) is 5.19. The lowest BCUT2D eigenvalue weighted by molar-refractivity contribution is 0.985. The zero-order chi connectivity index (χ0) is 12.3. The minimum Gasteiger partial charge on any atom is -0.398 e. The summed E-state index contributed by atoms with van der Waals surface area (Å²) in [4.78, 5) is 4.44. The lowest BCUT2D eigenvalue weighted by Gasteiger charge is -2.10. The van der Waals surface area contributed by atoms with Crippen molar-refractivity contribution in [1.29, 1.82) is 0 Å². The molecule has 0 saturated heterocycles. The van der Waals surface area contributed by atoms with Gasteiger partial charge in [0, 0.05) is 35.4 Å². The molecule has 0 radical (unpaired) electrons. The Balaban J connectivity index is 1.92. The van der Waals surface area contributed by atoms with Crippen LogP contribution in [0, 0.1) is 13.8 Å². The number of aromatic nitrogens is 1. The van der Waals surface area contributed by atoms with Gasteiger partial charge in [-0.1, -0.05) is 6.07 Å². The van der Waals surface area contributed by atoms with Crippen molar-refractivity contribution in [3.63, 3.8) is 0 Å². The van der Waals surface area contributed by atoms with Crippen LogP contribution in [0.3, 0.4) is 0 Å². The van der Waals surface area contributed by atoms with Gasteiger partial charge in [-0.15, -0.1) is 11.3 Å². The van der Waals surface area contributed by atoms with Crippen molar-refractivity contribution >= 4 is 22.7 Å². The highest BCUT2D eigenvalue weighted by atomic mass is 32.1. The minimum absolute atomic E-state index is 0.833. The van der Waals surface area contributed by atoms with Crippen molar-refractivity contribution in [1.82, 2.24) is 4.98 Å². The molecule has 17 heavy (non-hydrogen) atoms. The highest BCUT2D eigenvalue weighted by Gasteiger charge is 2.02. The van der Waals surface area contributed by atoms with Crippen LogP contribution in [0.1, 0.15) is 16.3 Å². The van der Waals surface area contributed by atoms with Gasteiger partial charge in [0.1, 0.15) is 0 Å². The molecule has 0 aliphatic rings. The third kappa shape index (κ3) is 2.97. The number of anilines is 2. The van der Waals surface area contributed by atoms with Crippen LogP contribution in [0.25, 0.3) is 0 Å². The fraction of sp³-hybridized carbons (Fsp3) is 0.308. The normalized spacial score (nSPS) is 10.5. The number of nitrogens with zero attached hydrogens (tertiary/aromatic N) is 1. The molecule has 0 aliphatic carbocycles. The number of nitrogens with one attached hydrogen (secondary N) is 1. The van der Waals surface area contributed by atoms with E-state index in [0.717, 1.165) is 35.6 Å². The van der Waals surface area contributed by atoms with Crippen LogP contribution < -0.4 is 11.1 Å². The number of benzene rings is 1. The molecule has 0 spiro atoms. The number of aryl methyl sites for hydroxylation is 1. The highest BCUT2D eigenvalue weighted by Crippen LogP contribution is 2.20. The Bertz CT molecular complexity index is 505. The smallest absolute Gasteiger partial charge is 0.0945 e. The van der Waals surface area contributed by atoms with E-state index >= 15 is 0 Å². The molecule has 0 bridgehead atoms. The maximum absolute atomic E-state index is 5.86. The second-order valence-corrected chi connectivity index (χ2v) is 5.02. The van der Waals surface area contributed by atoms with Gasteiger partial charge in [0.25, 0.3) is 0 Å². The molecule has 90 valence electrons. The molecule has 4 heteroatoms. The molecule has 3 N–H and O–H groups in total. The Morgan fingerprint density at radius 3 is 2.88 bits per heavy atom. The average molecular weight is 247 g/mol. The first-order chi connectivity index (χ1) is 8.16. The molecule has 0 saturated carbocycles. The van der Waals surface area contributed by atoms with Crippen molar-refractivity contribution in [2.75, 3.05) is 17.6 Å². The summed E-state index contributed by atoms with van der Waals surface area (Å²) in [6.45, 7) is 4.94. The summed E-state index contributed by atoms with van der Waals surface area (Å²) in [6, 6.07) is 5.95. The molecule has 1 heterocycles. The first-order valence-electron chi connectivity index (χ1n) is 5.67. The molecule has 3 nitrogen and oxygen atoms in total. The van der Waals surface area contributed by atoms with Crippen LogP contribution in [0.2, 0.25) is 0 Å². The predicted molar refractivity (Wildman–Crippen MR) is 74.6 cm³/mol. The zero-order valence-electron chi connectivity index (χ0n) is 10.2. The summed E-state index contributed by atoms with van der Waals surface area (Å²) in [5.41, 5.74) is 10.0. The third-order valence-corrected chi connectivity index (χ3v) is 3.72. The molecule has 0 aliphatic heterocycles. The van der Waals surface area contributed by atoms with E-state index in [1.54, 1.807) is 11.3 Å². The molecule has 1 aromatic heterocycles. The average Bonchev–Trinajstić information content (AvgIpc) is 2.70. The summed E-state index contributed by atoms with van der Waals surface area (Å²) in [7, 11) is 0. The van der Waals surface area contributed by atoms with Gasteiger partial charge < -0.3 is 11.1 Å². The van der Waals surface area contributed by atoms with Gasteiger partial charge in [-0.3, -0.25) is 0 Å². The molecule has 0 fully saturated rings. The molecule has 0 amide bonds. The van der Waals surface area contributed by atoms with E-state index in [0.29, 0.717) is 0 Å². The summed E-state index contributed by atoms with van der Waals surface area (Å²) in [5, 5.41) is 6.66. The SMILES string of the molecule is Cc1csc(CCNc2cccc(N)c2C)n1. The largest absolute Gasteiger partial charge is 0.398 e. The number of hydrogen-bond acceptors (Lipinski definition) is 4. The van der Waals surface area contributed by atoms with Crippen LogP contribution in [0.5, 0.6) is 0 Å². The Morgan fingerprint density at radius 1 is 1.35 bits per heavy atom. The van der Waals surface area contributed by atoms with Gasteiger partial charge in [0.2, 0.25) is 0 Å². The fourth-order valence-electron chi connectivity index (χ4n) is 1.67. The molecule has 1 aromatic carbocycles. The first-order valence-corrected chi connectivity index (χ1v) is 6.55. The van der Waals surface area contributed by atoms with Crippen LogP contribution in [-0.4, -0.2) is 11.5 Å². The first kappa shape index (κ1) is 11.9. The standard InChI is InChI=1S/C13H17N3S/c1-9-8-17-13(16-9)6-7-15-12-5-3-4-11(14)10(12)2/h3-5,8,15H,6-7,14H2,1-2H3. The van der Waals surface area contributed by atoms with Gasteiger partial charge in [-0.05, 0) is 31.5 Å². The van der Waals surface area contributed by atoms with Crippen molar-refractivity contribution in [3.05, 3.63) is 39.8 Å². The maximum atomic E-state index is 5.86. The van der Waals surface area contributed by atoms with E-state index in [4.69, 9.17) is 5.73 Å². The van der Waals surface area contributed by atoms with Crippen LogP contribution in [0.4, 0.5) is 11.4 Å². The van der Waals surface area contributed by atoms with E-state index in [-0.39, 0.29) is 0 Å². The van der Waals surface area contributed by atoms with Gasteiger partial charge in [-0.2, -0.15) is 0 Å². The summed E-state index contributed by atoms with van der Waals surface area (Å²) in [5.74, 6) is 0. The van der Waals surface area contributed by atoms with Gasteiger partial charge in [-0.25, -0.2) is 4.98 Å². The summed E-state index contributed by atoms with van der Waals surface area (Å²) < 4.78 is 0. The minimum atomic E-state index is 0.833. The van der Waals surface area contributed by atoms with Gasteiger partial charge >= 0.3 is 0 Å². The van der Waals surface area contributed by atoms with Crippen LogP contribution >= 0.6 is 11.3 Å². The van der Waals surface area contributed by atoms with Crippen LogP contribution in [0.15, 0.2) is 23.6 Å². The maximum Gasteiger partial charge on any atom is 0.0945 e. The molecular formula is C13H17N3S. The van der Waals surface area contributed by atoms with Crippen molar-refractivity contribution in [3.8, 4) is 0 Å². The van der Waals surface area contributed by atoms with E-state index < -0.39 is 0 Å². The molecule has 2 rings (SSSR count). The monoisotopic (exact) mass is 247 g/mol. The second-order valence-electron chi connectivity index (χ2n) is 4.08. The van der Waals surface area contributed by atoms with E-state index in [2.05, 4.69) is 21.7 Å². The molecule has 0 atom stereocenters. The van der Waals surface area contributed by atoms with E-state index in [1.165, 1.54) is 5.01 Å². The quantitative estimate of drug-likeness (QED) is 0.817. The number of thiazole rings is 1. The summed E-state index contributed by atoms with van der Waals surface area (Å²) in [6.07, 6.45) is 0.951. The Kier molecular flexibility index (Phi) is 3.64. The Hall–Kier alpha value is -1.55. The van der Waals surface area contributed by atoms with Crippen molar-refractivity contribution in [2.24, 2.45) is 0 Å². The van der Waals surface area contributed by atoms with Crippen LogP contribution in [-0.2, 0) is 6.42 Å². The number of rotatable bonds is 4. The zero-order valence-corrected chi connectivity index (χ0v) is 11.0. The van der Waals surface area contributed by atoms with Crippen molar-refractivity contribution < 1.29 is 0 Å². The Labute approximate surface area is 106 Å². The topological polar surface area (TPSA) is 50.9 Å². The lowest BCUT2D eigenvalue weighted by atomic mass is 10.1. The number of nitrogens with two attached hydrogens (primary N) is 1. The van der Waals surface area contributed by atoms with E-state index in [1.807, 2.05) is 26.0 Å². The molecule has 2 aromatic rings.